The van der Waals surface area contributed by atoms with Gasteiger partial charge >= 0.3 is 5.97 Å². The molecular weight excluding hydrogens is 317 g/mol. The monoisotopic (exact) mass is 343 g/mol. The van der Waals surface area contributed by atoms with Crippen LogP contribution in [0.25, 0.3) is 0 Å². The van der Waals surface area contributed by atoms with E-state index in [1.807, 2.05) is 74.5 Å². The third-order valence-electron chi connectivity index (χ3n) is 4.31. The minimum atomic E-state index is -0.748. The number of likely N-dealkylation sites (N-methyl/N-ethyl adjacent to an activating group) is 1. The number of hydrogen-bond acceptors (Lipinski definition) is 3. The molecule has 25 heavy (non-hydrogen) atoms. The lowest BCUT2D eigenvalue weighted by Crippen LogP contribution is -2.37. The summed E-state index contributed by atoms with van der Waals surface area (Å²) < 4.78 is 19.0. The molecule has 0 spiro atoms. The summed E-state index contributed by atoms with van der Waals surface area (Å²) >= 11 is 0. The first kappa shape index (κ1) is 19.1. The van der Waals surface area contributed by atoms with Crippen molar-refractivity contribution in [1.29, 1.82) is 0 Å². The Kier molecular flexibility index (Phi) is 7.61. The first-order chi connectivity index (χ1) is 12.2. The van der Waals surface area contributed by atoms with Crippen LogP contribution in [0.1, 0.15) is 30.9 Å². The lowest BCUT2D eigenvalue weighted by Gasteiger charge is -2.25. The molecule has 0 aliphatic rings. The molecule has 0 saturated carbocycles. The van der Waals surface area contributed by atoms with Crippen molar-refractivity contribution in [2.45, 2.75) is 25.9 Å². The van der Waals surface area contributed by atoms with Gasteiger partial charge in [0.15, 0.2) is 0 Å². The van der Waals surface area contributed by atoms with Crippen molar-refractivity contribution >= 4 is 5.97 Å². The van der Waals surface area contributed by atoms with Gasteiger partial charge < -0.3 is 9.64 Å². The van der Waals surface area contributed by atoms with Crippen molar-refractivity contribution in [3.8, 4) is 0 Å². The van der Waals surface area contributed by atoms with Crippen LogP contribution in [0.15, 0.2) is 60.7 Å². The van der Waals surface area contributed by atoms with Crippen molar-refractivity contribution < 1.29 is 13.9 Å². The smallest absolute Gasteiger partial charge is 0.318 e. The average Bonchev–Trinajstić information content (AvgIpc) is 2.67. The number of carbonyl (C=O) groups is 1. The van der Waals surface area contributed by atoms with Crippen molar-refractivity contribution in [2.75, 3.05) is 26.3 Å². The van der Waals surface area contributed by atoms with Gasteiger partial charge in [-0.1, -0.05) is 74.5 Å². The molecule has 1 unspecified atom stereocenters. The zero-order chi connectivity index (χ0) is 18.1. The molecule has 0 bridgehead atoms. The standard InChI is InChI=1S/C21H26FNO2/c1-3-23(4-2)16-19(15-22)25-21(24)20(17-11-7-5-8-12-17)18-13-9-6-10-14-18/h5-14,19-20H,3-4,15-16H2,1-2H3. The summed E-state index contributed by atoms with van der Waals surface area (Å²) in [5, 5.41) is 0. The number of ether oxygens (including phenoxy) is 1. The predicted molar refractivity (Wildman–Crippen MR) is 98.4 cm³/mol. The van der Waals surface area contributed by atoms with Crippen LogP contribution < -0.4 is 0 Å². The molecule has 0 radical (unpaired) electrons. The van der Waals surface area contributed by atoms with E-state index in [1.54, 1.807) is 0 Å². The summed E-state index contributed by atoms with van der Waals surface area (Å²) in [6, 6.07) is 19.0. The highest BCUT2D eigenvalue weighted by molar-refractivity contribution is 5.82. The Bertz CT molecular complexity index is 589. The predicted octanol–water partition coefficient (Wildman–Crippen LogP) is 4.04. The first-order valence-corrected chi connectivity index (χ1v) is 8.78. The van der Waals surface area contributed by atoms with E-state index in [0.29, 0.717) is 6.54 Å². The molecule has 0 amide bonds. The zero-order valence-electron chi connectivity index (χ0n) is 14.9. The molecule has 134 valence electrons. The topological polar surface area (TPSA) is 29.5 Å². The van der Waals surface area contributed by atoms with Gasteiger partial charge in [-0.3, -0.25) is 4.79 Å². The lowest BCUT2D eigenvalue weighted by molar-refractivity contribution is -0.151. The number of alkyl halides is 1. The Morgan fingerprint density at radius 1 is 0.960 bits per heavy atom. The van der Waals surface area contributed by atoms with Crippen LogP contribution in [0.5, 0.6) is 0 Å². The summed E-state index contributed by atoms with van der Waals surface area (Å²) in [4.78, 5) is 14.9. The highest BCUT2D eigenvalue weighted by Crippen LogP contribution is 2.26. The molecule has 0 aromatic heterocycles. The number of hydrogen-bond donors (Lipinski definition) is 0. The van der Waals surface area contributed by atoms with Crippen LogP contribution in [0.3, 0.4) is 0 Å². The average molecular weight is 343 g/mol. The number of esters is 1. The summed E-state index contributed by atoms with van der Waals surface area (Å²) in [7, 11) is 0. The van der Waals surface area contributed by atoms with Gasteiger partial charge in [-0.25, -0.2) is 4.39 Å². The van der Waals surface area contributed by atoms with E-state index >= 15 is 0 Å². The molecule has 0 aliphatic carbocycles. The summed E-state index contributed by atoms with van der Waals surface area (Å²) in [6.07, 6.45) is -0.748. The molecule has 2 aromatic carbocycles. The second-order valence-corrected chi connectivity index (χ2v) is 5.95. The number of carbonyl (C=O) groups excluding carboxylic acids is 1. The second-order valence-electron chi connectivity index (χ2n) is 5.95. The normalized spacial score (nSPS) is 12.4. The number of rotatable bonds is 9. The Labute approximate surface area is 149 Å². The Balaban J connectivity index is 2.21. The van der Waals surface area contributed by atoms with E-state index in [1.165, 1.54) is 0 Å². The van der Waals surface area contributed by atoms with E-state index in [0.717, 1.165) is 24.2 Å². The first-order valence-electron chi connectivity index (χ1n) is 8.78. The van der Waals surface area contributed by atoms with Crippen molar-refractivity contribution in [3.63, 3.8) is 0 Å². The molecule has 3 nitrogen and oxygen atoms in total. The molecule has 0 aliphatic heterocycles. The molecule has 0 heterocycles. The third-order valence-corrected chi connectivity index (χ3v) is 4.31. The van der Waals surface area contributed by atoms with Crippen LogP contribution in [0.2, 0.25) is 0 Å². The van der Waals surface area contributed by atoms with Gasteiger partial charge in [0.25, 0.3) is 0 Å². The quantitative estimate of drug-likeness (QED) is 0.644. The molecule has 0 N–H and O–H groups in total. The van der Waals surface area contributed by atoms with Gasteiger partial charge in [0, 0.05) is 6.54 Å². The van der Waals surface area contributed by atoms with E-state index in [-0.39, 0.29) is 0 Å². The fourth-order valence-corrected chi connectivity index (χ4v) is 2.88. The van der Waals surface area contributed by atoms with E-state index in [9.17, 15) is 9.18 Å². The van der Waals surface area contributed by atoms with Crippen molar-refractivity contribution in [1.82, 2.24) is 4.90 Å². The Morgan fingerprint density at radius 3 is 1.84 bits per heavy atom. The SMILES string of the molecule is CCN(CC)CC(CF)OC(=O)C(c1ccccc1)c1ccccc1. The van der Waals surface area contributed by atoms with Crippen LogP contribution in [0.4, 0.5) is 4.39 Å². The molecule has 4 heteroatoms. The maximum Gasteiger partial charge on any atom is 0.318 e. The van der Waals surface area contributed by atoms with E-state index in [2.05, 4.69) is 4.90 Å². The van der Waals surface area contributed by atoms with Crippen LogP contribution in [-0.2, 0) is 9.53 Å². The highest BCUT2D eigenvalue weighted by atomic mass is 19.1. The zero-order valence-corrected chi connectivity index (χ0v) is 14.9. The molecule has 1 atom stereocenters. The minimum absolute atomic E-state index is 0.408. The van der Waals surface area contributed by atoms with Gasteiger partial charge in [0.2, 0.25) is 0 Å². The Hall–Kier alpha value is -2.20. The van der Waals surface area contributed by atoms with Crippen molar-refractivity contribution in [2.24, 2.45) is 0 Å². The molecule has 2 rings (SSSR count). The van der Waals surface area contributed by atoms with Crippen LogP contribution in [0, 0.1) is 0 Å². The maximum atomic E-state index is 13.4. The fourth-order valence-electron chi connectivity index (χ4n) is 2.88. The highest BCUT2D eigenvalue weighted by Gasteiger charge is 2.27. The summed E-state index contributed by atoms with van der Waals surface area (Å²) in [5.74, 6) is -0.958. The molecule has 0 saturated heterocycles. The van der Waals surface area contributed by atoms with Gasteiger partial charge in [-0.15, -0.1) is 0 Å². The number of nitrogens with zero attached hydrogens (tertiary/aromatic N) is 1. The van der Waals surface area contributed by atoms with Crippen molar-refractivity contribution in [3.05, 3.63) is 71.8 Å². The van der Waals surface area contributed by atoms with Gasteiger partial charge in [-0.2, -0.15) is 0 Å². The fraction of sp³-hybridized carbons (Fsp3) is 0.381. The minimum Gasteiger partial charge on any atom is -0.457 e. The van der Waals surface area contributed by atoms with E-state index < -0.39 is 24.7 Å². The molecule has 2 aromatic rings. The third kappa shape index (κ3) is 5.40. The second kappa shape index (κ2) is 9.94. The lowest BCUT2D eigenvalue weighted by atomic mass is 9.91. The van der Waals surface area contributed by atoms with Crippen LogP contribution >= 0.6 is 0 Å². The number of benzene rings is 2. The molecule has 0 fully saturated rings. The summed E-state index contributed by atoms with van der Waals surface area (Å²) in [5.41, 5.74) is 1.69. The largest absolute Gasteiger partial charge is 0.457 e. The number of halogens is 1. The van der Waals surface area contributed by atoms with Gasteiger partial charge in [0.1, 0.15) is 18.7 Å². The molecular formula is C21H26FNO2. The maximum absolute atomic E-state index is 13.4. The van der Waals surface area contributed by atoms with Crippen LogP contribution in [-0.4, -0.2) is 43.3 Å². The van der Waals surface area contributed by atoms with Gasteiger partial charge in [-0.05, 0) is 24.2 Å². The Morgan fingerprint density at radius 2 is 1.44 bits per heavy atom. The van der Waals surface area contributed by atoms with Gasteiger partial charge in [0.05, 0.1) is 0 Å². The van der Waals surface area contributed by atoms with E-state index in [4.69, 9.17) is 4.74 Å². The summed E-state index contributed by atoms with van der Waals surface area (Å²) in [6.45, 7) is 5.34.